The normalized spacial score (nSPS) is 18.9. The minimum absolute atomic E-state index is 0.141. The molecule has 2 rings (SSSR count). The third-order valence-electron chi connectivity index (χ3n) is 3.97. The molecule has 1 aromatic rings. The van der Waals surface area contributed by atoms with E-state index >= 15 is 0 Å². The van der Waals surface area contributed by atoms with Crippen LogP contribution in [0.25, 0.3) is 0 Å². The van der Waals surface area contributed by atoms with E-state index in [4.69, 9.17) is 4.74 Å². The number of ether oxygens (including phenoxy) is 2. The highest BCUT2D eigenvalue weighted by atomic mass is 19.4. The van der Waals surface area contributed by atoms with E-state index in [0.717, 1.165) is 24.8 Å². The fourth-order valence-corrected chi connectivity index (χ4v) is 2.84. The minimum Gasteiger partial charge on any atom is -0.406 e. The molecule has 6 heteroatoms. The first-order valence-corrected chi connectivity index (χ1v) is 7.04. The monoisotopic (exact) mass is 303 g/mol. The lowest BCUT2D eigenvalue weighted by molar-refractivity contribution is -0.274. The van der Waals surface area contributed by atoms with Gasteiger partial charge in [0.25, 0.3) is 0 Å². The topological polar surface area (TPSA) is 30.5 Å². The van der Waals surface area contributed by atoms with E-state index in [9.17, 15) is 13.2 Å². The molecule has 0 aromatic heterocycles. The maximum atomic E-state index is 12.3. The van der Waals surface area contributed by atoms with Gasteiger partial charge in [-0.2, -0.15) is 0 Å². The molecular formula is C15H20F3NO2. The Labute approximate surface area is 122 Å². The van der Waals surface area contributed by atoms with Crippen LogP contribution in [0.5, 0.6) is 5.75 Å². The molecule has 0 bridgehead atoms. The smallest absolute Gasteiger partial charge is 0.406 e. The first kappa shape index (κ1) is 16.1. The Morgan fingerprint density at radius 3 is 2.52 bits per heavy atom. The van der Waals surface area contributed by atoms with Crippen molar-refractivity contribution >= 4 is 0 Å². The molecule has 0 heterocycles. The number of hydrogen-bond acceptors (Lipinski definition) is 3. The van der Waals surface area contributed by atoms with E-state index in [2.05, 4.69) is 10.1 Å². The van der Waals surface area contributed by atoms with E-state index in [1.165, 1.54) is 12.1 Å². The van der Waals surface area contributed by atoms with Gasteiger partial charge in [0.1, 0.15) is 5.75 Å². The highest BCUT2D eigenvalue weighted by Crippen LogP contribution is 2.45. The molecule has 1 aliphatic carbocycles. The third kappa shape index (κ3) is 3.68. The van der Waals surface area contributed by atoms with Crippen LogP contribution in [0.2, 0.25) is 0 Å². The van der Waals surface area contributed by atoms with Gasteiger partial charge in [-0.25, -0.2) is 0 Å². The lowest BCUT2D eigenvalue weighted by Gasteiger charge is -2.47. The molecule has 118 valence electrons. The standard InChI is InChI=1S/C15H20F3NO2/c1-3-19-13(14(20-2)8-5-9-14)11-6-4-7-12(10-11)21-15(16,17)18/h4,6-7,10,13,19H,3,5,8-9H2,1-2H3. The maximum Gasteiger partial charge on any atom is 0.573 e. The van der Waals surface area contributed by atoms with Crippen molar-refractivity contribution in [3.63, 3.8) is 0 Å². The van der Waals surface area contributed by atoms with Crippen LogP contribution < -0.4 is 10.1 Å². The summed E-state index contributed by atoms with van der Waals surface area (Å²) in [6, 6.07) is 5.97. The van der Waals surface area contributed by atoms with Gasteiger partial charge >= 0.3 is 6.36 Å². The molecule has 1 fully saturated rings. The van der Waals surface area contributed by atoms with Crippen LogP contribution in [0.15, 0.2) is 24.3 Å². The molecule has 1 unspecified atom stereocenters. The van der Waals surface area contributed by atoms with Gasteiger partial charge < -0.3 is 14.8 Å². The van der Waals surface area contributed by atoms with Crippen LogP contribution >= 0.6 is 0 Å². The van der Waals surface area contributed by atoms with Gasteiger partial charge in [0.2, 0.25) is 0 Å². The number of alkyl halides is 3. The van der Waals surface area contributed by atoms with Crippen LogP contribution in [0.4, 0.5) is 13.2 Å². The first-order valence-electron chi connectivity index (χ1n) is 7.04. The molecule has 0 radical (unpaired) electrons. The van der Waals surface area contributed by atoms with Crippen LogP contribution in [-0.4, -0.2) is 25.6 Å². The third-order valence-corrected chi connectivity index (χ3v) is 3.97. The van der Waals surface area contributed by atoms with Crippen molar-refractivity contribution in [2.24, 2.45) is 0 Å². The fraction of sp³-hybridized carbons (Fsp3) is 0.600. The highest BCUT2D eigenvalue weighted by Gasteiger charge is 2.45. The van der Waals surface area contributed by atoms with E-state index in [1.54, 1.807) is 19.2 Å². The van der Waals surface area contributed by atoms with Crippen molar-refractivity contribution in [2.45, 2.75) is 44.2 Å². The summed E-state index contributed by atoms with van der Waals surface area (Å²) in [4.78, 5) is 0. The van der Waals surface area contributed by atoms with Crippen molar-refractivity contribution in [3.05, 3.63) is 29.8 Å². The van der Waals surface area contributed by atoms with Gasteiger partial charge in [-0.15, -0.1) is 13.2 Å². The number of methoxy groups -OCH3 is 1. The Morgan fingerprint density at radius 2 is 2.05 bits per heavy atom. The summed E-state index contributed by atoms with van der Waals surface area (Å²) in [5.41, 5.74) is 0.410. The molecular weight excluding hydrogens is 283 g/mol. The van der Waals surface area contributed by atoms with Crippen molar-refractivity contribution < 1.29 is 22.6 Å². The predicted molar refractivity (Wildman–Crippen MR) is 73.1 cm³/mol. The number of rotatable bonds is 6. The summed E-state index contributed by atoms with van der Waals surface area (Å²) in [6.45, 7) is 2.67. The van der Waals surface area contributed by atoms with Crippen LogP contribution in [-0.2, 0) is 4.74 Å². The summed E-state index contributed by atoms with van der Waals surface area (Å²) < 4.78 is 46.7. The molecule has 0 aliphatic heterocycles. The van der Waals surface area contributed by atoms with Crippen LogP contribution in [0, 0.1) is 0 Å². The minimum atomic E-state index is -4.68. The van der Waals surface area contributed by atoms with Gasteiger partial charge in [-0.3, -0.25) is 0 Å². The Bertz CT molecular complexity index is 467. The second-order valence-corrected chi connectivity index (χ2v) is 5.23. The van der Waals surface area contributed by atoms with Crippen molar-refractivity contribution in [1.82, 2.24) is 5.32 Å². The first-order chi connectivity index (χ1) is 9.90. The van der Waals surface area contributed by atoms with Gasteiger partial charge in [-0.1, -0.05) is 19.1 Å². The zero-order valence-corrected chi connectivity index (χ0v) is 12.2. The number of benzene rings is 1. The van der Waals surface area contributed by atoms with E-state index in [-0.39, 0.29) is 17.4 Å². The van der Waals surface area contributed by atoms with Crippen LogP contribution in [0.1, 0.15) is 37.8 Å². The molecule has 1 atom stereocenters. The molecule has 1 N–H and O–H groups in total. The number of nitrogens with one attached hydrogen (secondary N) is 1. The summed E-state index contributed by atoms with van der Waals surface area (Å²) in [7, 11) is 1.65. The quantitative estimate of drug-likeness (QED) is 0.867. The average molecular weight is 303 g/mol. The second kappa shape index (κ2) is 6.23. The van der Waals surface area contributed by atoms with E-state index in [0.29, 0.717) is 6.54 Å². The van der Waals surface area contributed by atoms with Gasteiger partial charge in [0.15, 0.2) is 0 Å². The van der Waals surface area contributed by atoms with Crippen LogP contribution in [0.3, 0.4) is 0 Å². The predicted octanol–water partition coefficient (Wildman–Crippen LogP) is 3.80. The summed E-state index contributed by atoms with van der Waals surface area (Å²) >= 11 is 0. The Kier molecular flexibility index (Phi) is 4.78. The number of halogens is 3. The molecule has 21 heavy (non-hydrogen) atoms. The highest BCUT2D eigenvalue weighted by molar-refractivity contribution is 5.33. The molecule has 3 nitrogen and oxygen atoms in total. The van der Waals surface area contributed by atoms with Crippen molar-refractivity contribution in [2.75, 3.05) is 13.7 Å². The van der Waals surface area contributed by atoms with E-state index in [1.807, 2.05) is 6.92 Å². The summed E-state index contributed by atoms with van der Waals surface area (Å²) in [6.07, 6.45) is -1.83. The molecule has 0 saturated heterocycles. The number of hydrogen-bond donors (Lipinski definition) is 1. The van der Waals surface area contributed by atoms with Crippen molar-refractivity contribution in [3.8, 4) is 5.75 Å². The van der Waals surface area contributed by atoms with E-state index < -0.39 is 6.36 Å². The molecule has 1 aromatic carbocycles. The lowest BCUT2D eigenvalue weighted by Crippen LogP contribution is -2.50. The Hall–Kier alpha value is -1.27. The second-order valence-electron chi connectivity index (χ2n) is 5.23. The number of likely N-dealkylation sites (N-methyl/N-ethyl adjacent to an activating group) is 1. The largest absolute Gasteiger partial charge is 0.573 e. The molecule has 1 aliphatic rings. The molecule has 0 spiro atoms. The Morgan fingerprint density at radius 1 is 1.33 bits per heavy atom. The fourth-order valence-electron chi connectivity index (χ4n) is 2.84. The summed E-state index contributed by atoms with van der Waals surface area (Å²) in [5, 5.41) is 3.32. The Balaban J connectivity index is 2.26. The maximum absolute atomic E-state index is 12.3. The zero-order valence-electron chi connectivity index (χ0n) is 12.2. The molecule has 0 amide bonds. The van der Waals surface area contributed by atoms with Gasteiger partial charge in [0.05, 0.1) is 11.6 Å². The summed E-state index contributed by atoms with van der Waals surface area (Å²) in [5.74, 6) is -0.200. The van der Waals surface area contributed by atoms with Gasteiger partial charge in [-0.05, 0) is 43.5 Å². The van der Waals surface area contributed by atoms with Gasteiger partial charge in [0, 0.05) is 7.11 Å². The zero-order chi connectivity index (χ0) is 15.5. The SMILES string of the molecule is CCNC(c1cccc(OC(F)(F)F)c1)C1(OC)CCC1. The molecule has 1 saturated carbocycles. The average Bonchev–Trinajstić information content (AvgIpc) is 2.35. The van der Waals surface area contributed by atoms with Crippen molar-refractivity contribution in [1.29, 1.82) is 0 Å². The lowest BCUT2D eigenvalue weighted by atomic mass is 9.72.